The van der Waals surface area contributed by atoms with Gasteiger partial charge in [-0.05, 0) is 44.4 Å². The summed E-state index contributed by atoms with van der Waals surface area (Å²) in [6.07, 6.45) is 1.82. The molecule has 1 aromatic heterocycles. The van der Waals surface area contributed by atoms with Crippen LogP contribution in [0.2, 0.25) is 4.34 Å². The van der Waals surface area contributed by atoms with Gasteiger partial charge in [0.1, 0.15) is 16.8 Å². The first kappa shape index (κ1) is 32.6. The maximum Gasteiger partial charge on any atom is 0.310 e. The lowest BCUT2D eigenvalue weighted by Crippen LogP contribution is -2.53. The zero-order chi connectivity index (χ0) is 31.3. The van der Waals surface area contributed by atoms with Crippen molar-refractivity contribution in [2.24, 2.45) is 5.92 Å². The van der Waals surface area contributed by atoms with Crippen molar-refractivity contribution in [3.8, 4) is 5.75 Å². The van der Waals surface area contributed by atoms with Crippen molar-refractivity contribution in [3.05, 3.63) is 39.3 Å². The number of ether oxygens (including phenoxy) is 2. The summed E-state index contributed by atoms with van der Waals surface area (Å²) >= 11 is 6.92. The number of thiophene rings is 1. The van der Waals surface area contributed by atoms with Crippen LogP contribution in [0.15, 0.2) is 29.2 Å². The quantitative estimate of drug-likeness (QED) is 0.350. The van der Waals surface area contributed by atoms with Crippen LogP contribution < -0.4 is 19.7 Å². The van der Waals surface area contributed by atoms with E-state index in [1.54, 1.807) is 6.92 Å². The molecular formula is C27H32ClFN4O8S2. The third kappa shape index (κ3) is 7.63. The van der Waals surface area contributed by atoms with Crippen molar-refractivity contribution < 1.29 is 41.5 Å². The molecule has 16 heteroatoms. The fraction of sp³-hybridized carbons (Fsp3) is 0.481. The summed E-state index contributed by atoms with van der Waals surface area (Å²) < 4.78 is 55.4. The fourth-order valence-electron chi connectivity index (χ4n) is 5.00. The van der Waals surface area contributed by atoms with Crippen LogP contribution in [0.4, 0.5) is 10.1 Å². The van der Waals surface area contributed by atoms with Crippen molar-refractivity contribution in [1.29, 1.82) is 0 Å². The molecule has 2 atom stereocenters. The van der Waals surface area contributed by atoms with Gasteiger partial charge in [-0.2, -0.15) is 4.72 Å². The number of piperidine rings is 1. The lowest BCUT2D eigenvalue weighted by Gasteiger charge is -2.29. The Morgan fingerprint density at radius 1 is 1.21 bits per heavy atom. The van der Waals surface area contributed by atoms with Gasteiger partial charge in [0.25, 0.3) is 5.91 Å². The third-order valence-electron chi connectivity index (χ3n) is 7.09. The zero-order valence-electron chi connectivity index (χ0n) is 23.6. The van der Waals surface area contributed by atoms with Crippen LogP contribution in [0.3, 0.4) is 0 Å². The van der Waals surface area contributed by atoms with E-state index in [0.29, 0.717) is 23.6 Å². The van der Waals surface area contributed by atoms with Crippen LogP contribution in [0, 0.1) is 11.7 Å². The van der Waals surface area contributed by atoms with E-state index in [4.69, 9.17) is 21.1 Å². The number of hydrogen-bond donors (Lipinski definition) is 2. The average molecular weight is 659 g/mol. The van der Waals surface area contributed by atoms with Crippen LogP contribution in [-0.4, -0.2) is 82.9 Å². The van der Waals surface area contributed by atoms with Crippen molar-refractivity contribution >= 4 is 62.3 Å². The molecule has 0 spiro atoms. The number of esters is 1. The molecule has 3 amide bonds. The van der Waals surface area contributed by atoms with Crippen LogP contribution in [-0.2, 0) is 29.1 Å². The van der Waals surface area contributed by atoms with Gasteiger partial charge in [0.15, 0.2) is 5.75 Å². The first-order chi connectivity index (χ1) is 20.4. The molecule has 1 aromatic carbocycles. The maximum atomic E-state index is 14.9. The molecule has 0 bridgehead atoms. The summed E-state index contributed by atoms with van der Waals surface area (Å²) in [6.45, 7) is 1.76. The van der Waals surface area contributed by atoms with Crippen molar-refractivity contribution in [2.75, 3.05) is 44.8 Å². The minimum absolute atomic E-state index is 0.00508. The highest BCUT2D eigenvalue weighted by Gasteiger charge is 2.38. The van der Waals surface area contributed by atoms with Crippen LogP contribution in [0.1, 0.15) is 42.3 Å². The lowest BCUT2D eigenvalue weighted by atomic mass is 10.1. The van der Waals surface area contributed by atoms with E-state index in [1.807, 2.05) is 0 Å². The Bertz CT molecular complexity index is 1500. The number of anilines is 1. The molecule has 12 nitrogen and oxygen atoms in total. The number of rotatable bonds is 11. The van der Waals surface area contributed by atoms with E-state index in [2.05, 4.69) is 10.0 Å². The number of methoxy groups -OCH3 is 1. The highest BCUT2D eigenvalue weighted by molar-refractivity contribution is 7.89. The van der Waals surface area contributed by atoms with Gasteiger partial charge < -0.3 is 24.6 Å². The van der Waals surface area contributed by atoms with E-state index in [9.17, 15) is 32.0 Å². The number of sulfonamides is 1. The topological polar surface area (TPSA) is 151 Å². The molecule has 0 unspecified atom stereocenters. The molecule has 0 saturated carbocycles. The number of halogens is 2. The number of carbonyl (C=O) groups excluding carboxylic acids is 4. The molecule has 234 valence electrons. The van der Waals surface area contributed by atoms with Crippen LogP contribution in [0.25, 0.3) is 0 Å². The Balaban J connectivity index is 1.63. The number of amides is 3. The predicted molar refractivity (Wildman–Crippen MR) is 156 cm³/mol. The second-order valence-electron chi connectivity index (χ2n) is 9.97. The minimum Gasteiger partial charge on any atom is -0.493 e. The smallest absolute Gasteiger partial charge is 0.310 e. The van der Waals surface area contributed by atoms with Gasteiger partial charge in [-0.1, -0.05) is 11.6 Å². The van der Waals surface area contributed by atoms with Crippen molar-refractivity contribution in [3.63, 3.8) is 0 Å². The molecule has 2 saturated heterocycles. The molecule has 43 heavy (non-hydrogen) atoms. The normalized spacial score (nSPS) is 18.0. The molecule has 0 radical (unpaired) electrons. The standard InChI is InChI=1S/C27H32ClFN4O8S2/c1-3-41-27(37)16-9-11-32(15-16)26(36)18(14-30-25(35)20-7-8-22(28)42-20)31-43(38,39)21-13-17(29)12-19(24(21)40-2)33-10-5-4-6-23(33)34/h7-8,12-13,16,18,31H,3-6,9-11,14-15H2,1-2H3,(H,30,35)/t16-,18-/m0/s1. The second-order valence-corrected chi connectivity index (χ2v) is 13.4. The highest BCUT2D eigenvalue weighted by Crippen LogP contribution is 2.38. The van der Waals surface area contributed by atoms with Gasteiger partial charge in [-0.3, -0.25) is 19.2 Å². The molecule has 2 aliphatic heterocycles. The molecule has 2 aromatic rings. The summed E-state index contributed by atoms with van der Waals surface area (Å²) in [5.74, 6) is -3.86. The van der Waals surface area contributed by atoms with Gasteiger partial charge in [-0.15, -0.1) is 11.3 Å². The molecular weight excluding hydrogens is 627 g/mol. The van der Waals surface area contributed by atoms with Crippen LogP contribution in [0.5, 0.6) is 5.75 Å². The van der Waals surface area contributed by atoms with Gasteiger partial charge in [0.05, 0.1) is 34.5 Å². The van der Waals surface area contributed by atoms with Gasteiger partial charge in [0.2, 0.25) is 21.8 Å². The Morgan fingerprint density at radius 3 is 2.63 bits per heavy atom. The third-order valence-corrected chi connectivity index (χ3v) is 9.79. The largest absolute Gasteiger partial charge is 0.493 e. The Morgan fingerprint density at radius 2 is 1.98 bits per heavy atom. The van der Waals surface area contributed by atoms with Crippen LogP contribution >= 0.6 is 22.9 Å². The van der Waals surface area contributed by atoms with Gasteiger partial charge >= 0.3 is 5.97 Å². The SMILES string of the molecule is CCOC(=O)[C@H]1CCN(C(=O)[C@H](CNC(=O)c2ccc(Cl)s2)NS(=O)(=O)c2cc(F)cc(N3CCCCC3=O)c2OC)C1. The number of carbonyl (C=O) groups is 4. The molecule has 3 heterocycles. The van der Waals surface area contributed by atoms with E-state index in [0.717, 1.165) is 23.5 Å². The Labute approximate surface area is 257 Å². The van der Waals surface area contributed by atoms with E-state index in [1.165, 1.54) is 29.0 Å². The van der Waals surface area contributed by atoms with Gasteiger partial charge in [0, 0.05) is 38.7 Å². The molecule has 2 fully saturated rings. The summed E-state index contributed by atoms with van der Waals surface area (Å²) in [5, 5.41) is 2.54. The Hall–Kier alpha value is -3.27. The molecule has 4 rings (SSSR count). The lowest BCUT2D eigenvalue weighted by molar-refractivity contribution is -0.147. The number of nitrogens with one attached hydrogen (secondary N) is 2. The minimum atomic E-state index is -4.69. The number of likely N-dealkylation sites (tertiary alicyclic amines) is 1. The average Bonchev–Trinajstić information content (AvgIpc) is 3.64. The predicted octanol–water partition coefficient (Wildman–Crippen LogP) is 2.55. The van der Waals surface area contributed by atoms with E-state index in [-0.39, 0.29) is 54.9 Å². The highest BCUT2D eigenvalue weighted by atomic mass is 35.5. The monoisotopic (exact) mass is 658 g/mol. The maximum absolute atomic E-state index is 14.9. The van der Waals surface area contributed by atoms with Gasteiger partial charge in [-0.25, -0.2) is 12.8 Å². The Kier molecular flexibility index (Phi) is 10.6. The molecule has 2 aliphatic rings. The summed E-state index contributed by atoms with van der Waals surface area (Å²) in [7, 11) is -3.49. The summed E-state index contributed by atoms with van der Waals surface area (Å²) in [4.78, 5) is 53.4. The first-order valence-electron chi connectivity index (χ1n) is 13.6. The summed E-state index contributed by atoms with van der Waals surface area (Å²) in [5.41, 5.74) is -0.0462. The number of hydrogen-bond acceptors (Lipinski definition) is 9. The summed E-state index contributed by atoms with van der Waals surface area (Å²) in [6, 6.07) is 3.22. The molecule has 0 aliphatic carbocycles. The van der Waals surface area contributed by atoms with E-state index >= 15 is 0 Å². The first-order valence-corrected chi connectivity index (χ1v) is 16.3. The zero-order valence-corrected chi connectivity index (χ0v) is 25.9. The van der Waals surface area contributed by atoms with Crippen molar-refractivity contribution in [1.82, 2.24) is 14.9 Å². The second kappa shape index (κ2) is 14.0. The number of benzene rings is 1. The molecule has 2 N–H and O–H groups in total. The fourth-order valence-corrected chi connectivity index (χ4v) is 7.35. The van der Waals surface area contributed by atoms with E-state index < -0.39 is 57.0 Å². The van der Waals surface area contributed by atoms with Crippen molar-refractivity contribution in [2.45, 2.75) is 43.5 Å². The number of nitrogens with zero attached hydrogens (tertiary/aromatic N) is 2.